The standard InChI is InChI=1S/C11H10ClN3/c1-7-11(9(12)4-5-14-7)8-2-3-10(13)15-6-8/h2-6H,1H3,(H2,13,15). The molecule has 2 heterocycles. The average Bonchev–Trinajstić information content (AvgIpc) is 2.20. The normalized spacial score (nSPS) is 10.3. The SMILES string of the molecule is Cc1nccc(Cl)c1-c1ccc(N)nc1. The van der Waals surface area contributed by atoms with E-state index in [2.05, 4.69) is 9.97 Å². The highest BCUT2D eigenvalue weighted by molar-refractivity contribution is 6.33. The van der Waals surface area contributed by atoms with E-state index in [1.165, 1.54) is 0 Å². The number of nitrogens with zero attached hydrogens (tertiary/aromatic N) is 2. The minimum Gasteiger partial charge on any atom is -0.384 e. The molecule has 0 amide bonds. The molecule has 0 aromatic carbocycles. The van der Waals surface area contributed by atoms with Gasteiger partial charge >= 0.3 is 0 Å². The summed E-state index contributed by atoms with van der Waals surface area (Å²) in [6.45, 7) is 1.91. The van der Waals surface area contributed by atoms with Gasteiger partial charge < -0.3 is 5.73 Å². The highest BCUT2D eigenvalue weighted by Crippen LogP contribution is 2.29. The number of aryl methyl sites for hydroxylation is 1. The molecule has 2 aromatic heterocycles. The summed E-state index contributed by atoms with van der Waals surface area (Å²) < 4.78 is 0. The Hall–Kier alpha value is -1.61. The maximum atomic E-state index is 6.10. The Bertz CT molecular complexity index is 459. The van der Waals surface area contributed by atoms with E-state index in [0.29, 0.717) is 10.8 Å². The van der Waals surface area contributed by atoms with Gasteiger partial charge in [0.15, 0.2) is 0 Å². The zero-order valence-corrected chi connectivity index (χ0v) is 8.99. The minimum absolute atomic E-state index is 0.497. The van der Waals surface area contributed by atoms with Gasteiger partial charge in [-0.25, -0.2) is 4.98 Å². The predicted octanol–water partition coefficient (Wildman–Crippen LogP) is 2.69. The first kappa shape index (κ1) is 9.93. The van der Waals surface area contributed by atoms with Gasteiger partial charge in [0.05, 0.1) is 5.02 Å². The summed E-state index contributed by atoms with van der Waals surface area (Å²) in [4.78, 5) is 8.22. The lowest BCUT2D eigenvalue weighted by Crippen LogP contribution is -1.92. The Morgan fingerprint density at radius 1 is 1.20 bits per heavy atom. The zero-order valence-electron chi connectivity index (χ0n) is 8.24. The quantitative estimate of drug-likeness (QED) is 0.802. The monoisotopic (exact) mass is 219 g/mol. The van der Waals surface area contributed by atoms with E-state index in [9.17, 15) is 0 Å². The number of anilines is 1. The molecule has 0 fully saturated rings. The van der Waals surface area contributed by atoms with E-state index >= 15 is 0 Å². The first-order valence-corrected chi connectivity index (χ1v) is 4.89. The lowest BCUT2D eigenvalue weighted by Gasteiger charge is -2.06. The fraction of sp³-hybridized carbons (Fsp3) is 0.0909. The average molecular weight is 220 g/mol. The van der Waals surface area contributed by atoms with Crippen LogP contribution in [0.4, 0.5) is 5.82 Å². The number of nitrogen functional groups attached to an aromatic ring is 1. The summed E-state index contributed by atoms with van der Waals surface area (Å²) in [5.41, 5.74) is 8.24. The molecule has 2 N–H and O–H groups in total. The van der Waals surface area contributed by atoms with Crippen molar-refractivity contribution in [2.75, 3.05) is 5.73 Å². The molecular weight excluding hydrogens is 210 g/mol. The molecule has 0 spiro atoms. The molecule has 0 aliphatic heterocycles. The largest absolute Gasteiger partial charge is 0.384 e. The third-order valence-corrected chi connectivity index (χ3v) is 2.48. The van der Waals surface area contributed by atoms with Crippen LogP contribution in [0.15, 0.2) is 30.6 Å². The molecule has 0 unspecified atom stereocenters. The smallest absolute Gasteiger partial charge is 0.123 e. The molecule has 0 saturated carbocycles. The van der Waals surface area contributed by atoms with Crippen LogP contribution in [-0.4, -0.2) is 9.97 Å². The summed E-state index contributed by atoms with van der Waals surface area (Å²) in [6.07, 6.45) is 3.39. The molecule has 76 valence electrons. The van der Waals surface area contributed by atoms with Crippen LogP contribution in [0, 0.1) is 6.92 Å². The van der Waals surface area contributed by atoms with Crippen molar-refractivity contribution < 1.29 is 0 Å². The highest BCUT2D eigenvalue weighted by Gasteiger charge is 2.07. The highest BCUT2D eigenvalue weighted by atomic mass is 35.5. The van der Waals surface area contributed by atoms with E-state index in [-0.39, 0.29) is 0 Å². The van der Waals surface area contributed by atoms with Gasteiger partial charge in [-0.15, -0.1) is 0 Å². The van der Waals surface area contributed by atoms with Crippen molar-refractivity contribution in [1.82, 2.24) is 9.97 Å². The molecule has 2 rings (SSSR count). The van der Waals surface area contributed by atoms with Gasteiger partial charge in [-0.05, 0) is 25.1 Å². The number of aromatic nitrogens is 2. The molecule has 3 nitrogen and oxygen atoms in total. The molecule has 0 bridgehead atoms. The molecule has 4 heteroatoms. The first-order chi connectivity index (χ1) is 7.18. The Morgan fingerprint density at radius 3 is 2.60 bits per heavy atom. The number of rotatable bonds is 1. The maximum Gasteiger partial charge on any atom is 0.123 e. The summed E-state index contributed by atoms with van der Waals surface area (Å²) >= 11 is 6.10. The summed E-state index contributed by atoms with van der Waals surface area (Å²) in [5, 5.41) is 0.675. The summed E-state index contributed by atoms with van der Waals surface area (Å²) in [7, 11) is 0. The fourth-order valence-electron chi connectivity index (χ4n) is 1.44. The number of hydrogen-bond acceptors (Lipinski definition) is 3. The third kappa shape index (κ3) is 1.92. The van der Waals surface area contributed by atoms with Gasteiger partial charge in [-0.3, -0.25) is 4.98 Å². The van der Waals surface area contributed by atoms with E-state index in [1.807, 2.05) is 13.0 Å². The lowest BCUT2D eigenvalue weighted by molar-refractivity contribution is 1.20. The molecule has 0 aliphatic rings. The Morgan fingerprint density at radius 2 is 2.00 bits per heavy atom. The van der Waals surface area contributed by atoms with Crippen molar-refractivity contribution in [3.05, 3.63) is 41.3 Å². The second-order valence-electron chi connectivity index (χ2n) is 3.22. The van der Waals surface area contributed by atoms with Crippen molar-refractivity contribution in [1.29, 1.82) is 0 Å². The van der Waals surface area contributed by atoms with Gasteiger partial charge in [-0.1, -0.05) is 11.6 Å². The fourth-order valence-corrected chi connectivity index (χ4v) is 1.74. The Balaban J connectivity index is 2.58. The molecule has 15 heavy (non-hydrogen) atoms. The summed E-state index contributed by atoms with van der Waals surface area (Å²) in [5.74, 6) is 0.497. The number of hydrogen-bond donors (Lipinski definition) is 1. The maximum absolute atomic E-state index is 6.10. The van der Waals surface area contributed by atoms with Gasteiger partial charge in [-0.2, -0.15) is 0 Å². The van der Waals surface area contributed by atoms with Crippen LogP contribution >= 0.6 is 11.6 Å². The van der Waals surface area contributed by atoms with E-state index in [0.717, 1.165) is 16.8 Å². The Kier molecular flexibility index (Phi) is 2.56. The predicted molar refractivity (Wildman–Crippen MR) is 61.6 cm³/mol. The zero-order chi connectivity index (χ0) is 10.8. The second-order valence-corrected chi connectivity index (χ2v) is 3.63. The van der Waals surface area contributed by atoms with Crippen molar-refractivity contribution in [2.45, 2.75) is 6.92 Å². The van der Waals surface area contributed by atoms with E-state index < -0.39 is 0 Å². The van der Waals surface area contributed by atoms with Crippen molar-refractivity contribution in [2.24, 2.45) is 0 Å². The third-order valence-electron chi connectivity index (χ3n) is 2.16. The van der Waals surface area contributed by atoms with Crippen molar-refractivity contribution >= 4 is 17.4 Å². The van der Waals surface area contributed by atoms with Crippen LogP contribution in [0.5, 0.6) is 0 Å². The lowest BCUT2D eigenvalue weighted by atomic mass is 10.1. The van der Waals surface area contributed by atoms with Crippen LogP contribution in [0.25, 0.3) is 11.1 Å². The molecule has 0 atom stereocenters. The van der Waals surface area contributed by atoms with Crippen molar-refractivity contribution in [3.63, 3.8) is 0 Å². The van der Waals surface area contributed by atoms with Crippen molar-refractivity contribution in [3.8, 4) is 11.1 Å². The number of pyridine rings is 2. The van der Waals surface area contributed by atoms with Crippen LogP contribution in [0.2, 0.25) is 5.02 Å². The van der Waals surface area contributed by atoms with Gasteiger partial charge in [0.2, 0.25) is 0 Å². The summed E-state index contributed by atoms with van der Waals surface area (Å²) in [6, 6.07) is 5.40. The molecular formula is C11H10ClN3. The van der Waals surface area contributed by atoms with Gasteiger partial charge in [0, 0.05) is 29.2 Å². The molecule has 2 aromatic rings. The molecule has 0 radical (unpaired) electrons. The van der Waals surface area contributed by atoms with Gasteiger partial charge in [0.25, 0.3) is 0 Å². The van der Waals surface area contributed by atoms with E-state index in [4.69, 9.17) is 17.3 Å². The topological polar surface area (TPSA) is 51.8 Å². The molecule has 0 aliphatic carbocycles. The second kappa shape index (κ2) is 3.87. The Labute approximate surface area is 92.9 Å². The minimum atomic E-state index is 0.497. The van der Waals surface area contributed by atoms with Crippen LogP contribution in [0.3, 0.4) is 0 Å². The van der Waals surface area contributed by atoms with Crippen LogP contribution in [-0.2, 0) is 0 Å². The molecule has 0 saturated heterocycles. The first-order valence-electron chi connectivity index (χ1n) is 4.51. The van der Waals surface area contributed by atoms with Crippen LogP contribution < -0.4 is 5.73 Å². The van der Waals surface area contributed by atoms with Gasteiger partial charge in [0.1, 0.15) is 5.82 Å². The number of halogens is 1. The number of nitrogens with two attached hydrogens (primary N) is 1. The van der Waals surface area contributed by atoms with Crippen LogP contribution in [0.1, 0.15) is 5.69 Å². The van der Waals surface area contributed by atoms with E-state index in [1.54, 1.807) is 24.5 Å².